The molecule has 0 spiro atoms. The zero-order chi connectivity index (χ0) is 46.0. The molecule has 13 rings (SSSR count). The van der Waals surface area contributed by atoms with Crippen LogP contribution in [-0.2, 0) is 0 Å². The van der Waals surface area contributed by atoms with Crippen molar-refractivity contribution >= 4 is 88.4 Å². The van der Waals surface area contributed by atoms with E-state index < -0.39 is 0 Å². The first-order chi connectivity index (χ1) is 34.1. The predicted octanol–water partition coefficient (Wildman–Crippen LogP) is 18.3. The van der Waals surface area contributed by atoms with Gasteiger partial charge in [0.15, 0.2) is 5.58 Å². The number of para-hydroxylation sites is 2. The smallest absolute Gasteiger partial charge is 0.454 e. The summed E-state index contributed by atoms with van der Waals surface area (Å²) in [6.45, 7) is 0. The molecule has 0 aliphatic rings. The maximum atomic E-state index is 15.6. The van der Waals surface area contributed by atoms with Gasteiger partial charge in [0.05, 0.1) is 28.4 Å². The largest absolute Gasteiger partial charge is 2.00 e. The van der Waals surface area contributed by atoms with Gasteiger partial charge in [0.1, 0.15) is 17.2 Å². The second kappa shape index (κ2) is 17.8. The Bertz CT molecular complexity index is 4060. The summed E-state index contributed by atoms with van der Waals surface area (Å²) in [5.41, 5.74) is 11.6. The molecule has 0 amide bonds. The molecular formula is C64H38F2N2OU. The molecule has 0 bridgehead atoms. The summed E-state index contributed by atoms with van der Waals surface area (Å²) in [6.07, 6.45) is 0. The van der Waals surface area contributed by atoms with Gasteiger partial charge in [-0.2, -0.15) is 42.5 Å². The third-order valence-electron chi connectivity index (χ3n) is 13.3. The minimum atomic E-state index is -0.326. The summed E-state index contributed by atoms with van der Waals surface area (Å²) in [6, 6.07) is 83.0. The van der Waals surface area contributed by atoms with Gasteiger partial charge in [0.2, 0.25) is 0 Å². The van der Waals surface area contributed by atoms with Crippen LogP contribution in [-0.4, -0.2) is 0 Å². The molecule has 0 atom stereocenters. The van der Waals surface area contributed by atoms with Crippen LogP contribution in [0.3, 0.4) is 0 Å². The van der Waals surface area contributed by atoms with Gasteiger partial charge in [0, 0.05) is 32.7 Å². The molecule has 0 aliphatic carbocycles. The van der Waals surface area contributed by atoms with Crippen LogP contribution in [0, 0.1) is 54.9 Å². The van der Waals surface area contributed by atoms with Crippen molar-refractivity contribution in [1.29, 1.82) is 0 Å². The summed E-state index contributed by atoms with van der Waals surface area (Å²) in [7, 11) is 0. The maximum Gasteiger partial charge on any atom is 2.00 e. The van der Waals surface area contributed by atoms with Crippen molar-refractivity contribution in [2.75, 3.05) is 9.80 Å². The second-order valence-electron chi connectivity index (χ2n) is 17.3. The van der Waals surface area contributed by atoms with Gasteiger partial charge < -0.3 is 14.2 Å². The van der Waals surface area contributed by atoms with Crippen LogP contribution < -0.4 is 9.80 Å². The Balaban J connectivity index is 0.00000505. The molecule has 1 aromatic heterocycles. The first-order valence-electron chi connectivity index (χ1n) is 23.0. The first-order valence-corrected chi connectivity index (χ1v) is 23.0. The molecule has 0 saturated heterocycles. The van der Waals surface area contributed by atoms with Crippen molar-refractivity contribution in [3.8, 4) is 33.4 Å². The van der Waals surface area contributed by atoms with Crippen LogP contribution in [0.15, 0.2) is 235 Å². The Morgan fingerprint density at radius 2 is 0.914 bits per heavy atom. The Hall–Kier alpha value is -8.01. The fourth-order valence-electron chi connectivity index (χ4n) is 10.3. The SMILES string of the molecule is Fc1ccc(N(c2[c-]c(-c3[c-]cccc3)ccc2)c2ccc3ccc4c(N(c5ccc(F)cc5-c5ccccc5)c5cccc6c5oc5ccccc56)ccc5ccc2c3c54)c(-c2ccccc2)c1.[U+2]. The van der Waals surface area contributed by atoms with E-state index in [-0.39, 0.29) is 42.7 Å². The van der Waals surface area contributed by atoms with E-state index in [0.717, 1.165) is 122 Å². The Morgan fingerprint density at radius 1 is 0.386 bits per heavy atom. The van der Waals surface area contributed by atoms with Crippen molar-refractivity contribution in [1.82, 2.24) is 0 Å². The van der Waals surface area contributed by atoms with E-state index >= 15 is 8.78 Å². The quantitative estimate of drug-likeness (QED) is 0.106. The number of rotatable bonds is 9. The molecular weight excluding hydrogens is 1090 g/mol. The first kappa shape index (κ1) is 43.3. The van der Waals surface area contributed by atoms with E-state index in [9.17, 15) is 0 Å². The third-order valence-corrected chi connectivity index (χ3v) is 13.3. The third kappa shape index (κ3) is 7.31. The predicted molar refractivity (Wildman–Crippen MR) is 281 cm³/mol. The molecule has 6 heteroatoms. The minimum absolute atomic E-state index is 0. The van der Waals surface area contributed by atoms with E-state index in [1.807, 2.05) is 127 Å². The van der Waals surface area contributed by atoms with Crippen molar-refractivity contribution in [3.63, 3.8) is 0 Å². The van der Waals surface area contributed by atoms with E-state index in [0.29, 0.717) is 0 Å². The van der Waals surface area contributed by atoms with Crippen molar-refractivity contribution < 1.29 is 44.3 Å². The summed E-state index contributed by atoms with van der Waals surface area (Å²) in [4.78, 5) is 4.44. The fraction of sp³-hybridized carbons (Fsp3) is 0. The van der Waals surface area contributed by atoms with Gasteiger partial charge in [-0.15, -0.1) is 12.1 Å². The van der Waals surface area contributed by atoms with Gasteiger partial charge in [0.25, 0.3) is 0 Å². The molecule has 0 fully saturated rings. The standard InChI is InChI=1S/C64H38F2N2O.U/c65-47-30-36-58(54(39-47)42-16-6-2-7-17-42)67(49-21-12-20-46(38-49)41-14-4-1-5-15-41)56-34-28-44-27-33-53-57(35-29-45-26-32-52(56)62(44)63(45)53)68(59-37-31-48(66)40-55(59)43-18-8-3-9-19-43)60-24-13-23-51-50-22-10-11-25-61(50)69-64(51)60;/h1-14,16-37,39-40H;/q-2;+2. The van der Waals surface area contributed by atoms with Crippen LogP contribution in [0.2, 0.25) is 0 Å². The number of furan rings is 1. The summed E-state index contributed by atoms with van der Waals surface area (Å²) >= 11 is 0. The van der Waals surface area contributed by atoms with Gasteiger partial charge in [-0.1, -0.05) is 127 Å². The van der Waals surface area contributed by atoms with E-state index in [1.54, 1.807) is 12.1 Å². The molecule has 0 N–H and O–H groups in total. The number of benzene rings is 12. The minimum Gasteiger partial charge on any atom is -0.454 e. The molecule has 13 aromatic rings. The number of nitrogens with zero attached hydrogens (tertiary/aromatic N) is 2. The molecule has 70 heavy (non-hydrogen) atoms. The topological polar surface area (TPSA) is 19.6 Å². The fourth-order valence-corrected chi connectivity index (χ4v) is 10.3. The van der Waals surface area contributed by atoms with Crippen molar-refractivity contribution in [3.05, 3.63) is 254 Å². The van der Waals surface area contributed by atoms with Crippen LogP contribution >= 0.6 is 0 Å². The van der Waals surface area contributed by atoms with Crippen LogP contribution in [0.25, 0.3) is 87.6 Å². The number of anilines is 6. The van der Waals surface area contributed by atoms with Crippen molar-refractivity contribution in [2.45, 2.75) is 0 Å². The van der Waals surface area contributed by atoms with E-state index in [1.165, 1.54) is 12.1 Å². The van der Waals surface area contributed by atoms with Gasteiger partial charge in [-0.05, 0) is 99.0 Å². The van der Waals surface area contributed by atoms with Crippen LogP contribution in [0.1, 0.15) is 0 Å². The van der Waals surface area contributed by atoms with Gasteiger partial charge >= 0.3 is 31.1 Å². The van der Waals surface area contributed by atoms with E-state index in [2.05, 4.69) is 101 Å². The normalized spacial score (nSPS) is 11.5. The van der Waals surface area contributed by atoms with Gasteiger partial charge in [-0.3, -0.25) is 0 Å². The molecule has 3 nitrogen and oxygen atoms in total. The zero-order valence-corrected chi connectivity index (χ0v) is 41.7. The van der Waals surface area contributed by atoms with Crippen LogP contribution in [0.4, 0.5) is 42.9 Å². The average molecular weight is 1130 g/mol. The Morgan fingerprint density at radius 3 is 1.56 bits per heavy atom. The molecule has 12 aromatic carbocycles. The second-order valence-corrected chi connectivity index (χ2v) is 17.3. The summed E-state index contributed by atoms with van der Waals surface area (Å²) in [5.74, 6) is -0.648. The number of halogens is 2. The Labute approximate surface area is 427 Å². The van der Waals surface area contributed by atoms with Gasteiger partial charge in [-0.25, -0.2) is 19.9 Å². The monoisotopic (exact) mass is 1130 g/mol. The number of fused-ring (bicyclic) bond motifs is 3. The average Bonchev–Trinajstić information content (AvgIpc) is 3.80. The number of hydrogen-bond acceptors (Lipinski definition) is 3. The molecule has 1 heterocycles. The Kier molecular flexibility index (Phi) is 11.0. The van der Waals surface area contributed by atoms with Crippen LogP contribution in [0.5, 0.6) is 0 Å². The molecule has 0 saturated carbocycles. The van der Waals surface area contributed by atoms with E-state index in [4.69, 9.17) is 4.42 Å². The molecule has 0 aliphatic heterocycles. The number of hydrogen-bond donors (Lipinski definition) is 0. The molecule has 0 unspecified atom stereocenters. The maximum absolute atomic E-state index is 15.6. The summed E-state index contributed by atoms with van der Waals surface area (Å²) < 4.78 is 37.8. The molecule has 328 valence electrons. The summed E-state index contributed by atoms with van der Waals surface area (Å²) in [5, 5.41) is 8.31. The zero-order valence-electron chi connectivity index (χ0n) is 37.5. The van der Waals surface area contributed by atoms with Crippen molar-refractivity contribution in [2.24, 2.45) is 0 Å². The molecule has 0 radical (unpaired) electrons.